The smallest absolute Gasteiger partial charge is 0.231 e. The van der Waals surface area contributed by atoms with Gasteiger partial charge in [-0.3, -0.25) is 9.36 Å². The average molecular weight is 376 g/mol. The van der Waals surface area contributed by atoms with Crippen LogP contribution in [0.3, 0.4) is 0 Å². The van der Waals surface area contributed by atoms with Gasteiger partial charge in [0.2, 0.25) is 5.91 Å². The number of hydrogen-bond acceptors (Lipinski definition) is 4. The van der Waals surface area contributed by atoms with Crippen LogP contribution in [-0.4, -0.2) is 33.0 Å². The lowest BCUT2D eigenvalue weighted by Crippen LogP contribution is -2.25. The molecule has 0 spiro atoms. The minimum absolute atomic E-state index is 0.0827. The van der Waals surface area contributed by atoms with E-state index in [0.29, 0.717) is 11.7 Å². The van der Waals surface area contributed by atoms with Gasteiger partial charge in [0.05, 0.1) is 18.0 Å². The SMILES string of the molecule is CCc1ccccc1-n1cnnc1SCC(=O)NCC#Cc1ccccc1. The summed E-state index contributed by atoms with van der Waals surface area (Å²) in [6, 6.07) is 17.8. The van der Waals surface area contributed by atoms with Crippen molar-refractivity contribution in [1.29, 1.82) is 0 Å². The summed E-state index contributed by atoms with van der Waals surface area (Å²) in [6.45, 7) is 2.43. The summed E-state index contributed by atoms with van der Waals surface area (Å²) >= 11 is 1.36. The molecule has 1 amide bonds. The molecule has 1 heterocycles. The van der Waals surface area contributed by atoms with E-state index < -0.39 is 0 Å². The van der Waals surface area contributed by atoms with Gasteiger partial charge >= 0.3 is 0 Å². The van der Waals surface area contributed by atoms with E-state index in [-0.39, 0.29) is 11.7 Å². The first-order valence-corrected chi connectivity index (χ1v) is 9.68. The molecule has 2 aromatic carbocycles. The number of benzene rings is 2. The molecule has 136 valence electrons. The zero-order chi connectivity index (χ0) is 18.9. The molecule has 27 heavy (non-hydrogen) atoms. The predicted octanol–water partition coefficient (Wildman–Crippen LogP) is 3.09. The molecule has 0 fully saturated rings. The van der Waals surface area contributed by atoms with Crippen molar-refractivity contribution in [3.8, 4) is 17.5 Å². The number of hydrogen-bond donors (Lipinski definition) is 1. The van der Waals surface area contributed by atoms with E-state index in [2.05, 4.69) is 40.3 Å². The Kier molecular flexibility index (Phi) is 6.66. The van der Waals surface area contributed by atoms with E-state index >= 15 is 0 Å². The van der Waals surface area contributed by atoms with Gasteiger partial charge in [-0.1, -0.05) is 66.9 Å². The van der Waals surface area contributed by atoms with Crippen LogP contribution in [0.25, 0.3) is 5.69 Å². The quantitative estimate of drug-likeness (QED) is 0.531. The first kappa shape index (κ1) is 18.7. The highest BCUT2D eigenvalue weighted by Gasteiger charge is 2.11. The molecule has 0 aliphatic rings. The number of carbonyl (C=O) groups excluding carboxylic acids is 1. The summed E-state index contributed by atoms with van der Waals surface area (Å²) in [5.74, 6) is 6.15. The maximum atomic E-state index is 12.1. The zero-order valence-corrected chi connectivity index (χ0v) is 15.9. The van der Waals surface area contributed by atoms with Crippen LogP contribution >= 0.6 is 11.8 Å². The number of nitrogens with zero attached hydrogens (tertiary/aromatic N) is 3. The maximum absolute atomic E-state index is 12.1. The summed E-state index contributed by atoms with van der Waals surface area (Å²) in [6.07, 6.45) is 2.60. The molecule has 0 unspecified atom stereocenters. The highest BCUT2D eigenvalue weighted by Crippen LogP contribution is 2.22. The Morgan fingerprint density at radius 2 is 1.93 bits per heavy atom. The van der Waals surface area contributed by atoms with E-state index in [1.165, 1.54) is 17.3 Å². The van der Waals surface area contributed by atoms with Crippen molar-refractivity contribution in [2.24, 2.45) is 0 Å². The molecule has 0 bridgehead atoms. The summed E-state index contributed by atoms with van der Waals surface area (Å²) in [5.41, 5.74) is 3.19. The third kappa shape index (κ3) is 5.22. The van der Waals surface area contributed by atoms with Crippen molar-refractivity contribution in [3.63, 3.8) is 0 Å². The summed E-state index contributed by atoms with van der Waals surface area (Å²) in [5, 5.41) is 11.6. The fourth-order valence-corrected chi connectivity index (χ4v) is 3.28. The van der Waals surface area contributed by atoms with Crippen LogP contribution in [0.2, 0.25) is 0 Å². The van der Waals surface area contributed by atoms with Crippen LogP contribution in [-0.2, 0) is 11.2 Å². The molecule has 0 aliphatic heterocycles. The fourth-order valence-electron chi connectivity index (χ4n) is 2.52. The molecule has 6 heteroatoms. The molecule has 1 N–H and O–H groups in total. The Morgan fingerprint density at radius 1 is 1.15 bits per heavy atom. The number of aromatic nitrogens is 3. The highest BCUT2D eigenvalue weighted by molar-refractivity contribution is 7.99. The molecule has 3 rings (SSSR count). The summed E-state index contributed by atoms with van der Waals surface area (Å²) in [7, 11) is 0. The third-order valence-electron chi connectivity index (χ3n) is 3.86. The van der Waals surface area contributed by atoms with E-state index in [4.69, 9.17) is 0 Å². The lowest BCUT2D eigenvalue weighted by atomic mass is 10.1. The van der Waals surface area contributed by atoms with Gasteiger partial charge < -0.3 is 5.32 Å². The van der Waals surface area contributed by atoms with Crippen molar-refractivity contribution in [3.05, 3.63) is 72.1 Å². The van der Waals surface area contributed by atoms with Crippen LogP contribution in [0.4, 0.5) is 0 Å². The van der Waals surface area contributed by atoms with Gasteiger partial charge in [-0.2, -0.15) is 0 Å². The Balaban J connectivity index is 1.54. The van der Waals surface area contributed by atoms with Crippen molar-refractivity contribution < 1.29 is 4.79 Å². The first-order chi connectivity index (χ1) is 13.3. The molecular formula is C21H20N4OS. The van der Waals surface area contributed by atoms with Crippen molar-refractivity contribution >= 4 is 17.7 Å². The zero-order valence-electron chi connectivity index (χ0n) is 15.1. The number of thioether (sulfide) groups is 1. The van der Waals surface area contributed by atoms with Crippen LogP contribution in [0.1, 0.15) is 18.1 Å². The maximum Gasteiger partial charge on any atom is 0.231 e. The Bertz CT molecular complexity index is 957. The fraction of sp³-hybridized carbons (Fsp3) is 0.190. The molecule has 0 radical (unpaired) electrons. The second-order valence-electron chi connectivity index (χ2n) is 5.70. The van der Waals surface area contributed by atoms with Crippen molar-refractivity contribution in [2.45, 2.75) is 18.5 Å². The van der Waals surface area contributed by atoms with Gasteiger partial charge in [-0.25, -0.2) is 0 Å². The standard InChI is InChI=1S/C21H20N4OS/c1-2-18-12-6-7-13-19(18)25-16-23-24-21(25)27-15-20(26)22-14-8-11-17-9-4-3-5-10-17/h3-7,9-10,12-13,16H,2,14-15H2,1H3,(H,22,26). The lowest BCUT2D eigenvalue weighted by molar-refractivity contribution is -0.118. The summed E-state index contributed by atoms with van der Waals surface area (Å²) < 4.78 is 1.92. The topological polar surface area (TPSA) is 59.8 Å². The number of carbonyl (C=O) groups is 1. The normalized spacial score (nSPS) is 10.1. The Morgan fingerprint density at radius 3 is 2.74 bits per heavy atom. The Labute approximate surface area is 163 Å². The van der Waals surface area contributed by atoms with Crippen LogP contribution < -0.4 is 5.32 Å². The Hall–Kier alpha value is -3.04. The molecule has 3 aromatic rings. The van der Waals surface area contributed by atoms with E-state index in [0.717, 1.165) is 17.7 Å². The summed E-state index contributed by atoms with van der Waals surface area (Å²) in [4.78, 5) is 12.1. The van der Waals surface area contributed by atoms with Gasteiger partial charge in [0.25, 0.3) is 0 Å². The average Bonchev–Trinajstić information content (AvgIpc) is 3.19. The number of para-hydroxylation sites is 1. The van der Waals surface area contributed by atoms with Gasteiger partial charge in [0, 0.05) is 5.56 Å². The molecule has 0 aliphatic carbocycles. The van der Waals surface area contributed by atoms with E-state index in [1.807, 2.05) is 53.1 Å². The highest BCUT2D eigenvalue weighted by atomic mass is 32.2. The van der Waals surface area contributed by atoms with Crippen molar-refractivity contribution in [2.75, 3.05) is 12.3 Å². The number of rotatable bonds is 6. The molecule has 0 saturated heterocycles. The third-order valence-corrected chi connectivity index (χ3v) is 4.80. The molecule has 0 atom stereocenters. The van der Waals surface area contributed by atoms with E-state index in [1.54, 1.807) is 6.33 Å². The minimum Gasteiger partial charge on any atom is -0.344 e. The van der Waals surface area contributed by atoms with Gasteiger partial charge in [-0.15, -0.1) is 10.2 Å². The second-order valence-corrected chi connectivity index (χ2v) is 6.64. The van der Waals surface area contributed by atoms with Gasteiger partial charge in [-0.05, 0) is 30.2 Å². The van der Waals surface area contributed by atoms with Crippen molar-refractivity contribution in [1.82, 2.24) is 20.1 Å². The molecule has 5 nitrogen and oxygen atoms in total. The second kappa shape index (κ2) is 9.60. The number of amides is 1. The van der Waals surface area contributed by atoms with Crippen LogP contribution in [0.15, 0.2) is 66.1 Å². The van der Waals surface area contributed by atoms with Gasteiger partial charge in [0.15, 0.2) is 5.16 Å². The van der Waals surface area contributed by atoms with Crippen LogP contribution in [0, 0.1) is 11.8 Å². The monoisotopic (exact) mass is 376 g/mol. The number of aryl methyl sites for hydroxylation is 1. The van der Waals surface area contributed by atoms with Gasteiger partial charge in [0.1, 0.15) is 6.33 Å². The van der Waals surface area contributed by atoms with E-state index in [9.17, 15) is 4.79 Å². The first-order valence-electron chi connectivity index (χ1n) is 8.69. The molecule has 1 aromatic heterocycles. The molecule has 0 saturated carbocycles. The number of nitrogens with one attached hydrogen (secondary N) is 1. The lowest BCUT2D eigenvalue weighted by Gasteiger charge is -2.10. The molecular weight excluding hydrogens is 356 g/mol. The van der Waals surface area contributed by atoms with Crippen LogP contribution in [0.5, 0.6) is 0 Å². The largest absolute Gasteiger partial charge is 0.344 e. The predicted molar refractivity (Wildman–Crippen MR) is 108 cm³/mol. The minimum atomic E-state index is -0.0827.